The van der Waals surface area contributed by atoms with Crippen LogP contribution in [-0.2, 0) is 24.2 Å². The Kier molecular flexibility index (Phi) is 5.04. The monoisotopic (exact) mass is 300 g/mol. The lowest BCUT2D eigenvalue weighted by Gasteiger charge is -2.07. The summed E-state index contributed by atoms with van der Waals surface area (Å²) in [5.74, 6) is 1.38. The fraction of sp³-hybridized carbons (Fsp3) is 0.375. The van der Waals surface area contributed by atoms with Crippen molar-refractivity contribution in [1.29, 1.82) is 0 Å². The molecule has 1 amide bonds. The predicted molar refractivity (Wildman–Crippen MR) is 83.9 cm³/mol. The molecule has 0 atom stereocenters. The van der Waals surface area contributed by atoms with E-state index in [-0.39, 0.29) is 18.2 Å². The highest BCUT2D eigenvalue weighted by Gasteiger charge is 2.11. The van der Waals surface area contributed by atoms with Crippen LogP contribution in [0.2, 0.25) is 0 Å². The van der Waals surface area contributed by atoms with Crippen molar-refractivity contribution >= 4 is 17.4 Å². The van der Waals surface area contributed by atoms with Crippen molar-refractivity contribution in [2.45, 2.75) is 40.2 Å². The molecule has 0 aliphatic rings. The van der Waals surface area contributed by atoms with E-state index in [2.05, 4.69) is 15.4 Å². The van der Waals surface area contributed by atoms with E-state index in [9.17, 15) is 9.59 Å². The Bertz CT molecular complexity index is 674. The number of hydrogen-bond donors (Lipinski definition) is 1. The van der Waals surface area contributed by atoms with Crippen molar-refractivity contribution in [1.82, 2.24) is 14.8 Å². The van der Waals surface area contributed by atoms with E-state index < -0.39 is 0 Å². The molecule has 0 bridgehead atoms. The van der Waals surface area contributed by atoms with Crippen LogP contribution in [0.4, 0.5) is 5.69 Å². The fourth-order valence-corrected chi connectivity index (χ4v) is 2.09. The van der Waals surface area contributed by atoms with Crippen LogP contribution in [0.25, 0.3) is 0 Å². The molecular weight excluding hydrogens is 280 g/mol. The molecule has 1 aromatic carbocycles. The van der Waals surface area contributed by atoms with E-state index in [0.29, 0.717) is 11.3 Å². The molecule has 0 saturated heterocycles. The Labute approximate surface area is 129 Å². The number of aryl methyl sites for hydroxylation is 2. The average molecular weight is 300 g/mol. The summed E-state index contributed by atoms with van der Waals surface area (Å²) in [6.07, 6.45) is 1.47. The summed E-state index contributed by atoms with van der Waals surface area (Å²) < 4.78 is 1.64. The summed E-state index contributed by atoms with van der Waals surface area (Å²) >= 11 is 0. The number of ketones is 1. The number of carbonyl (C=O) groups is 2. The van der Waals surface area contributed by atoms with Gasteiger partial charge in [-0.05, 0) is 31.2 Å². The third kappa shape index (κ3) is 3.78. The Morgan fingerprint density at radius 1 is 1.14 bits per heavy atom. The van der Waals surface area contributed by atoms with Gasteiger partial charge >= 0.3 is 0 Å². The van der Waals surface area contributed by atoms with Crippen LogP contribution in [0.1, 0.15) is 42.8 Å². The normalized spacial score (nSPS) is 10.5. The molecule has 0 unspecified atom stereocenters. The Morgan fingerprint density at radius 3 is 2.36 bits per heavy atom. The summed E-state index contributed by atoms with van der Waals surface area (Å²) in [7, 11) is 0. The zero-order chi connectivity index (χ0) is 16.1. The maximum absolute atomic E-state index is 12.1. The van der Waals surface area contributed by atoms with Crippen molar-refractivity contribution < 1.29 is 9.59 Å². The Balaban J connectivity index is 2.03. The molecule has 22 heavy (non-hydrogen) atoms. The quantitative estimate of drug-likeness (QED) is 0.830. The van der Waals surface area contributed by atoms with Crippen LogP contribution in [-0.4, -0.2) is 26.5 Å². The van der Waals surface area contributed by atoms with Gasteiger partial charge in [0.15, 0.2) is 11.6 Å². The molecule has 6 heteroatoms. The topological polar surface area (TPSA) is 76.9 Å². The van der Waals surface area contributed by atoms with Crippen LogP contribution in [0, 0.1) is 0 Å². The summed E-state index contributed by atoms with van der Waals surface area (Å²) in [5, 5.41) is 7.11. The number of carbonyl (C=O) groups excluding carboxylic acids is 2. The number of nitrogens with one attached hydrogen (secondary N) is 1. The summed E-state index contributed by atoms with van der Waals surface area (Å²) in [5.41, 5.74) is 1.28. The van der Waals surface area contributed by atoms with E-state index in [4.69, 9.17) is 0 Å². The van der Waals surface area contributed by atoms with Crippen molar-refractivity contribution in [2.24, 2.45) is 0 Å². The standard InChI is InChI=1S/C16H20N4O2/c1-4-14-18-15(5-2)20(19-14)10-16(22)17-13-8-6-12(7-9-13)11(3)21/h6-9H,4-5,10H2,1-3H3,(H,17,22). The third-order valence-corrected chi connectivity index (χ3v) is 3.29. The van der Waals surface area contributed by atoms with Gasteiger partial charge in [0.2, 0.25) is 5.91 Å². The minimum atomic E-state index is -0.169. The van der Waals surface area contributed by atoms with Crippen molar-refractivity contribution in [2.75, 3.05) is 5.32 Å². The first-order valence-electron chi connectivity index (χ1n) is 7.37. The first-order valence-corrected chi connectivity index (χ1v) is 7.37. The first-order chi connectivity index (χ1) is 10.5. The Hall–Kier alpha value is -2.50. The summed E-state index contributed by atoms with van der Waals surface area (Å²) in [4.78, 5) is 27.7. The molecule has 2 rings (SSSR count). The number of benzene rings is 1. The van der Waals surface area contributed by atoms with Gasteiger partial charge in [-0.25, -0.2) is 9.67 Å². The number of rotatable bonds is 6. The summed E-state index contributed by atoms with van der Waals surface area (Å²) in [6.45, 7) is 5.61. The van der Waals surface area contributed by atoms with E-state index in [1.165, 1.54) is 6.92 Å². The van der Waals surface area contributed by atoms with Gasteiger partial charge in [-0.2, -0.15) is 5.10 Å². The van der Waals surface area contributed by atoms with Gasteiger partial charge in [-0.15, -0.1) is 0 Å². The van der Waals surface area contributed by atoms with E-state index in [1.807, 2.05) is 13.8 Å². The van der Waals surface area contributed by atoms with Crippen LogP contribution < -0.4 is 5.32 Å². The van der Waals surface area contributed by atoms with Crippen molar-refractivity contribution in [3.05, 3.63) is 41.5 Å². The van der Waals surface area contributed by atoms with Crippen LogP contribution in [0.3, 0.4) is 0 Å². The zero-order valence-corrected chi connectivity index (χ0v) is 13.1. The van der Waals surface area contributed by atoms with Gasteiger partial charge in [0.1, 0.15) is 12.4 Å². The van der Waals surface area contributed by atoms with Crippen LogP contribution in [0.15, 0.2) is 24.3 Å². The number of amides is 1. The lowest BCUT2D eigenvalue weighted by Crippen LogP contribution is -2.21. The molecule has 116 valence electrons. The second-order valence-corrected chi connectivity index (χ2v) is 4.99. The molecule has 6 nitrogen and oxygen atoms in total. The number of anilines is 1. The van der Waals surface area contributed by atoms with Gasteiger partial charge in [0, 0.05) is 24.1 Å². The van der Waals surface area contributed by atoms with Crippen molar-refractivity contribution in [3.63, 3.8) is 0 Å². The second kappa shape index (κ2) is 6.98. The molecule has 0 aliphatic heterocycles. The Morgan fingerprint density at radius 2 is 1.82 bits per heavy atom. The van der Waals surface area contributed by atoms with Gasteiger partial charge in [-0.3, -0.25) is 9.59 Å². The van der Waals surface area contributed by atoms with Gasteiger partial charge in [0.05, 0.1) is 0 Å². The minimum absolute atomic E-state index is 0.000162. The molecule has 1 N–H and O–H groups in total. The second-order valence-electron chi connectivity index (χ2n) is 4.99. The number of nitrogens with zero attached hydrogens (tertiary/aromatic N) is 3. The van der Waals surface area contributed by atoms with E-state index in [0.717, 1.165) is 24.5 Å². The number of aromatic nitrogens is 3. The SMILES string of the molecule is CCc1nc(CC)n(CC(=O)Nc2ccc(C(C)=O)cc2)n1. The van der Waals surface area contributed by atoms with Crippen molar-refractivity contribution in [3.8, 4) is 0 Å². The maximum Gasteiger partial charge on any atom is 0.246 e. The van der Waals surface area contributed by atoms with Gasteiger partial charge in [-0.1, -0.05) is 13.8 Å². The van der Waals surface area contributed by atoms with Crippen LogP contribution in [0.5, 0.6) is 0 Å². The number of Topliss-reactive ketones (excluding diaryl/α,β-unsaturated/α-hetero) is 1. The maximum atomic E-state index is 12.1. The molecule has 0 fully saturated rings. The lowest BCUT2D eigenvalue weighted by atomic mass is 10.1. The summed E-state index contributed by atoms with van der Waals surface area (Å²) in [6, 6.07) is 6.82. The highest BCUT2D eigenvalue weighted by molar-refractivity contribution is 5.95. The fourth-order valence-electron chi connectivity index (χ4n) is 2.09. The molecule has 0 aliphatic carbocycles. The molecule has 0 spiro atoms. The van der Waals surface area contributed by atoms with E-state index >= 15 is 0 Å². The largest absolute Gasteiger partial charge is 0.324 e. The molecule has 1 heterocycles. The van der Waals surface area contributed by atoms with E-state index in [1.54, 1.807) is 28.9 Å². The van der Waals surface area contributed by atoms with Crippen LogP contribution >= 0.6 is 0 Å². The minimum Gasteiger partial charge on any atom is -0.324 e. The zero-order valence-electron chi connectivity index (χ0n) is 13.1. The highest BCUT2D eigenvalue weighted by atomic mass is 16.2. The highest BCUT2D eigenvalue weighted by Crippen LogP contribution is 2.10. The first kappa shape index (κ1) is 15.9. The average Bonchev–Trinajstić information content (AvgIpc) is 2.89. The third-order valence-electron chi connectivity index (χ3n) is 3.29. The molecule has 0 radical (unpaired) electrons. The van der Waals surface area contributed by atoms with Gasteiger partial charge < -0.3 is 5.32 Å². The molecule has 2 aromatic rings. The predicted octanol–water partition coefficient (Wildman–Crippen LogP) is 2.24. The molecule has 1 aromatic heterocycles. The molecule has 0 saturated carbocycles. The van der Waals surface area contributed by atoms with Gasteiger partial charge in [0.25, 0.3) is 0 Å². The smallest absolute Gasteiger partial charge is 0.246 e. The number of hydrogen-bond acceptors (Lipinski definition) is 4. The lowest BCUT2D eigenvalue weighted by molar-refractivity contribution is -0.117. The molecular formula is C16H20N4O2.